The van der Waals surface area contributed by atoms with Gasteiger partial charge in [-0.25, -0.2) is 14.2 Å². The number of carboxylic acid groups (broad SMARTS) is 1. The molecule has 2 aromatic carbocycles. The van der Waals surface area contributed by atoms with Crippen LogP contribution in [0.15, 0.2) is 35.1 Å². The van der Waals surface area contributed by atoms with Gasteiger partial charge in [0.1, 0.15) is 11.2 Å². The second kappa shape index (κ2) is 6.03. The number of rotatable bonds is 3. The smallest absolute Gasteiger partial charge is 0.449 e. The Morgan fingerprint density at radius 3 is 2.91 bits per heavy atom. The Hall–Kier alpha value is -2.36. The number of hydrogen-bond donors (Lipinski definition) is 2. The Labute approximate surface area is 143 Å². The maximum absolute atomic E-state index is 14.6. The van der Waals surface area contributed by atoms with Gasteiger partial charge in [0.25, 0.3) is 0 Å². The van der Waals surface area contributed by atoms with Crippen molar-refractivity contribution in [3.8, 4) is 5.75 Å². The first kappa shape index (κ1) is 15.5. The monoisotopic (exact) mass is 428 g/mol. The molecule has 0 fully saturated rings. The van der Waals surface area contributed by atoms with Crippen LogP contribution in [-0.2, 0) is 0 Å². The highest BCUT2D eigenvalue weighted by atomic mass is 127. The number of nitrogens with one attached hydrogen (secondary N) is 1. The number of nitrogens with zero attached hydrogens (tertiary/aromatic N) is 1. The molecule has 3 rings (SSSR count). The van der Waals surface area contributed by atoms with Crippen molar-refractivity contribution in [1.29, 1.82) is 0 Å². The maximum atomic E-state index is 14.6. The average molecular weight is 428 g/mol. The first-order chi connectivity index (χ1) is 11.0. The molecule has 2 N–H and O–H groups in total. The molecule has 0 spiro atoms. The van der Waals surface area contributed by atoms with E-state index in [2.05, 4.69) is 37.6 Å². The van der Waals surface area contributed by atoms with Crippen LogP contribution in [0, 0.1) is 16.3 Å². The molecule has 0 unspecified atom stereocenters. The SMILES string of the molecule is Cc1cc(I)ccc1Nc1c(OC(=O)O)cc2ncoc2c1F. The third-order valence-electron chi connectivity index (χ3n) is 3.17. The van der Waals surface area contributed by atoms with E-state index in [0.29, 0.717) is 5.69 Å². The largest absolute Gasteiger partial charge is 0.511 e. The van der Waals surface area contributed by atoms with E-state index >= 15 is 0 Å². The molecule has 0 atom stereocenters. The van der Waals surface area contributed by atoms with E-state index in [0.717, 1.165) is 15.5 Å². The highest BCUT2D eigenvalue weighted by Gasteiger charge is 2.20. The Balaban J connectivity index is 2.13. The number of hydrogen-bond acceptors (Lipinski definition) is 5. The Kier molecular flexibility index (Phi) is 4.07. The van der Waals surface area contributed by atoms with E-state index in [4.69, 9.17) is 9.52 Å². The van der Waals surface area contributed by atoms with Crippen molar-refractivity contribution in [3.05, 3.63) is 45.6 Å². The summed E-state index contributed by atoms with van der Waals surface area (Å²) in [5.74, 6) is -0.955. The van der Waals surface area contributed by atoms with Crippen LogP contribution in [0.25, 0.3) is 11.1 Å². The summed E-state index contributed by atoms with van der Waals surface area (Å²) in [5.41, 5.74) is 1.46. The van der Waals surface area contributed by atoms with Crippen LogP contribution in [0.4, 0.5) is 20.6 Å². The van der Waals surface area contributed by atoms with Crippen LogP contribution in [0.5, 0.6) is 5.75 Å². The van der Waals surface area contributed by atoms with E-state index in [9.17, 15) is 9.18 Å². The van der Waals surface area contributed by atoms with Crippen molar-refractivity contribution in [1.82, 2.24) is 4.98 Å². The second-order valence-corrected chi connectivity index (χ2v) is 5.96. The lowest BCUT2D eigenvalue weighted by Crippen LogP contribution is -2.07. The molecule has 0 amide bonds. The van der Waals surface area contributed by atoms with Gasteiger partial charge in [-0.05, 0) is 53.3 Å². The van der Waals surface area contributed by atoms with Gasteiger partial charge in [0.2, 0.25) is 0 Å². The first-order valence-corrected chi connectivity index (χ1v) is 7.53. The van der Waals surface area contributed by atoms with Gasteiger partial charge in [0.15, 0.2) is 23.5 Å². The number of fused-ring (bicyclic) bond motifs is 1. The quantitative estimate of drug-likeness (QED) is 0.358. The third kappa shape index (κ3) is 3.07. The molecule has 0 radical (unpaired) electrons. The summed E-state index contributed by atoms with van der Waals surface area (Å²) in [7, 11) is 0. The molecule has 0 aliphatic rings. The zero-order valence-corrected chi connectivity index (χ0v) is 13.9. The van der Waals surface area contributed by atoms with E-state index in [-0.39, 0.29) is 22.5 Å². The van der Waals surface area contributed by atoms with Crippen molar-refractivity contribution < 1.29 is 23.4 Å². The van der Waals surface area contributed by atoms with Crippen molar-refractivity contribution in [2.75, 3.05) is 5.32 Å². The fourth-order valence-corrected chi connectivity index (χ4v) is 2.78. The molecule has 0 saturated heterocycles. The third-order valence-corrected chi connectivity index (χ3v) is 3.84. The molecule has 23 heavy (non-hydrogen) atoms. The highest BCUT2D eigenvalue weighted by molar-refractivity contribution is 14.1. The molecule has 8 heteroatoms. The molecule has 1 aromatic heterocycles. The van der Waals surface area contributed by atoms with Crippen LogP contribution < -0.4 is 10.1 Å². The lowest BCUT2D eigenvalue weighted by atomic mass is 10.2. The minimum atomic E-state index is -1.55. The predicted octanol–water partition coefficient (Wildman–Crippen LogP) is 4.68. The van der Waals surface area contributed by atoms with Gasteiger partial charge in [0, 0.05) is 15.3 Å². The fraction of sp³-hybridized carbons (Fsp3) is 0.0667. The van der Waals surface area contributed by atoms with E-state index in [1.54, 1.807) is 6.07 Å². The van der Waals surface area contributed by atoms with Gasteiger partial charge >= 0.3 is 6.16 Å². The van der Waals surface area contributed by atoms with Crippen molar-refractivity contribution in [2.24, 2.45) is 0 Å². The molecular formula is C15H10FIN2O4. The second-order valence-electron chi connectivity index (χ2n) is 4.72. The Morgan fingerprint density at radius 1 is 1.43 bits per heavy atom. The lowest BCUT2D eigenvalue weighted by Gasteiger charge is -2.14. The molecule has 6 nitrogen and oxygen atoms in total. The van der Waals surface area contributed by atoms with Crippen molar-refractivity contribution in [3.63, 3.8) is 0 Å². The van der Waals surface area contributed by atoms with E-state index < -0.39 is 12.0 Å². The molecular weight excluding hydrogens is 418 g/mol. The normalized spacial score (nSPS) is 10.7. The maximum Gasteiger partial charge on any atom is 0.511 e. The number of benzene rings is 2. The summed E-state index contributed by atoms with van der Waals surface area (Å²) in [6, 6.07) is 6.83. The number of halogens is 2. The number of carbonyl (C=O) groups is 1. The van der Waals surface area contributed by atoms with Gasteiger partial charge in [0.05, 0.1) is 0 Å². The molecule has 3 aromatic rings. The standard InChI is InChI=1S/C15H10FIN2O4/c1-7-4-8(17)2-3-9(7)19-13-11(23-15(20)21)5-10-14(12(13)16)22-6-18-10/h2-6,19H,1H3,(H,20,21). The van der Waals surface area contributed by atoms with Crippen LogP contribution in [0.1, 0.15) is 5.56 Å². The summed E-state index contributed by atoms with van der Waals surface area (Å²) in [6.45, 7) is 1.85. The molecule has 0 bridgehead atoms. The number of aryl methyl sites for hydroxylation is 1. The molecule has 1 heterocycles. The topological polar surface area (TPSA) is 84.6 Å². The van der Waals surface area contributed by atoms with Crippen LogP contribution >= 0.6 is 22.6 Å². The van der Waals surface area contributed by atoms with Gasteiger partial charge in [-0.2, -0.15) is 0 Å². The fourth-order valence-electron chi connectivity index (χ4n) is 2.13. The number of aromatic nitrogens is 1. The number of oxazole rings is 1. The summed E-state index contributed by atoms with van der Waals surface area (Å²) in [5, 5.41) is 11.7. The van der Waals surface area contributed by atoms with Crippen molar-refractivity contribution in [2.45, 2.75) is 6.92 Å². The molecule has 0 aliphatic heterocycles. The Morgan fingerprint density at radius 2 is 2.22 bits per heavy atom. The lowest BCUT2D eigenvalue weighted by molar-refractivity contribution is 0.144. The van der Waals surface area contributed by atoms with Crippen LogP contribution in [0.2, 0.25) is 0 Å². The number of anilines is 2. The van der Waals surface area contributed by atoms with E-state index in [1.165, 1.54) is 6.07 Å². The molecule has 0 aliphatic carbocycles. The number of ether oxygens (including phenoxy) is 1. The predicted molar refractivity (Wildman–Crippen MR) is 89.8 cm³/mol. The van der Waals surface area contributed by atoms with Crippen LogP contribution in [-0.4, -0.2) is 16.2 Å². The summed E-state index contributed by atoms with van der Waals surface area (Å²) in [4.78, 5) is 14.7. The molecule has 118 valence electrons. The highest BCUT2D eigenvalue weighted by Crippen LogP contribution is 2.37. The van der Waals surface area contributed by atoms with Gasteiger partial charge < -0.3 is 19.6 Å². The van der Waals surface area contributed by atoms with Crippen molar-refractivity contribution >= 4 is 51.2 Å². The summed E-state index contributed by atoms with van der Waals surface area (Å²) >= 11 is 2.17. The Bertz CT molecular complexity index is 910. The van der Waals surface area contributed by atoms with Gasteiger partial charge in [-0.3, -0.25) is 0 Å². The zero-order chi connectivity index (χ0) is 16.6. The van der Waals surface area contributed by atoms with Crippen LogP contribution in [0.3, 0.4) is 0 Å². The summed E-state index contributed by atoms with van der Waals surface area (Å²) < 4.78 is 25.3. The average Bonchev–Trinajstić information content (AvgIpc) is 2.93. The van der Waals surface area contributed by atoms with E-state index in [1.807, 2.05) is 19.1 Å². The zero-order valence-electron chi connectivity index (χ0n) is 11.8. The van der Waals surface area contributed by atoms with Gasteiger partial charge in [-0.15, -0.1) is 0 Å². The first-order valence-electron chi connectivity index (χ1n) is 6.45. The molecule has 0 saturated carbocycles. The van der Waals surface area contributed by atoms with Gasteiger partial charge in [-0.1, -0.05) is 0 Å². The summed E-state index contributed by atoms with van der Waals surface area (Å²) in [6.07, 6.45) is -0.465. The minimum Gasteiger partial charge on any atom is -0.449 e. The minimum absolute atomic E-state index is 0.0756.